The summed E-state index contributed by atoms with van der Waals surface area (Å²) >= 11 is 0. The van der Waals surface area contributed by atoms with Gasteiger partial charge in [0.2, 0.25) is 15.9 Å². The lowest BCUT2D eigenvalue weighted by Gasteiger charge is -2.34. The Hall–Kier alpha value is -3.66. The van der Waals surface area contributed by atoms with E-state index in [-0.39, 0.29) is 48.9 Å². The average molecular weight is 500 g/mol. The Bertz CT molecular complexity index is 1300. The smallest absolute Gasteiger partial charge is 0.415 e. The van der Waals surface area contributed by atoms with Crippen LogP contribution in [0.15, 0.2) is 60.7 Å². The van der Waals surface area contributed by atoms with Crippen molar-refractivity contribution in [1.29, 1.82) is 0 Å². The summed E-state index contributed by atoms with van der Waals surface area (Å²) in [6.45, 7) is 3.60. The number of sulfonamides is 1. The molecule has 0 unspecified atom stereocenters. The standard InChI is InChI=1S/C25H26FN3O5S/c1-3-35(31,32)28-23-20(13-18-9-11-21(26)12-10-18)14-22-24(27-23)33-15-17(2)29(22)25(30)34-16-19-7-5-4-6-8-19/h4-12,14,17H,3,13,15-16H2,1-2H3,(H,27,28)/t17-/m0/s1. The summed E-state index contributed by atoms with van der Waals surface area (Å²) in [5, 5.41) is 0. The Labute approximate surface area is 203 Å². The molecule has 184 valence electrons. The largest absolute Gasteiger partial charge is 0.474 e. The van der Waals surface area contributed by atoms with Crippen molar-refractivity contribution in [2.45, 2.75) is 32.9 Å². The van der Waals surface area contributed by atoms with E-state index >= 15 is 0 Å². The Morgan fingerprint density at radius 3 is 2.57 bits per heavy atom. The van der Waals surface area contributed by atoms with Gasteiger partial charge in [0.05, 0.1) is 11.8 Å². The molecule has 0 saturated carbocycles. The van der Waals surface area contributed by atoms with Crippen LogP contribution >= 0.6 is 0 Å². The number of halogens is 1. The molecule has 0 bridgehead atoms. The van der Waals surface area contributed by atoms with Gasteiger partial charge in [-0.25, -0.2) is 17.6 Å². The fraction of sp³-hybridized carbons (Fsp3) is 0.280. The monoisotopic (exact) mass is 499 g/mol. The van der Waals surface area contributed by atoms with Crippen LogP contribution in [-0.4, -0.2) is 37.9 Å². The Morgan fingerprint density at radius 1 is 1.17 bits per heavy atom. The number of pyridine rings is 1. The summed E-state index contributed by atoms with van der Waals surface area (Å²) in [4.78, 5) is 18.9. The fourth-order valence-electron chi connectivity index (χ4n) is 3.65. The van der Waals surface area contributed by atoms with Crippen molar-refractivity contribution in [3.05, 3.63) is 83.2 Å². The predicted octanol–water partition coefficient (Wildman–Crippen LogP) is 4.50. The maximum atomic E-state index is 13.4. The van der Waals surface area contributed by atoms with Crippen LogP contribution in [0.25, 0.3) is 0 Å². The lowest BCUT2D eigenvalue weighted by atomic mass is 10.0. The van der Waals surface area contributed by atoms with E-state index in [0.717, 1.165) is 11.1 Å². The van der Waals surface area contributed by atoms with Crippen molar-refractivity contribution in [2.75, 3.05) is 22.0 Å². The molecule has 1 aliphatic heterocycles. The zero-order chi connectivity index (χ0) is 25.0. The molecule has 4 rings (SSSR count). The molecule has 1 aliphatic rings. The molecule has 0 spiro atoms. The molecule has 0 radical (unpaired) electrons. The molecule has 2 heterocycles. The van der Waals surface area contributed by atoms with E-state index in [1.54, 1.807) is 18.2 Å². The molecule has 1 atom stereocenters. The zero-order valence-corrected chi connectivity index (χ0v) is 20.2. The molecule has 1 amide bonds. The van der Waals surface area contributed by atoms with E-state index in [9.17, 15) is 17.6 Å². The van der Waals surface area contributed by atoms with Gasteiger partial charge in [-0.2, -0.15) is 4.98 Å². The number of carbonyl (C=O) groups excluding carboxylic acids is 1. The minimum atomic E-state index is -3.63. The Balaban J connectivity index is 1.69. The quantitative estimate of drug-likeness (QED) is 0.514. The van der Waals surface area contributed by atoms with Gasteiger partial charge < -0.3 is 9.47 Å². The first-order valence-electron chi connectivity index (χ1n) is 11.2. The first-order chi connectivity index (χ1) is 16.8. The van der Waals surface area contributed by atoms with Crippen molar-refractivity contribution in [1.82, 2.24) is 4.98 Å². The molecule has 10 heteroatoms. The minimum Gasteiger partial charge on any atom is -0.474 e. The Kier molecular flexibility index (Phi) is 7.20. The molecule has 35 heavy (non-hydrogen) atoms. The van der Waals surface area contributed by atoms with Gasteiger partial charge in [0.15, 0.2) is 0 Å². The van der Waals surface area contributed by atoms with Crippen molar-refractivity contribution in [3.63, 3.8) is 0 Å². The summed E-state index contributed by atoms with van der Waals surface area (Å²) in [6.07, 6.45) is -0.314. The predicted molar refractivity (Wildman–Crippen MR) is 131 cm³/mol. The zero-order valence-electron chi connectivity index (χ0n) is 19.4. The number of nitrogens with zero attached hydrogens (tertiary/aromatic N) is 2. The minimum absolute atomic E-state index is 0.0991. The second-order valence-electron chi connectivity index (χ2n) is 8.20. The summed E-state index contributed by atoms with van der Waals surface area (Å²) < 4.78 is 51.8. The number of carbonyl (C=O) groups is 1. The average Bonchev–Trinajstić information content (AvgIpc) is 2.85. The number of benzene rings is 2. The van der Waals surface area contributed by atoms with Gasteiger partial charge >= 0.3 is 6.09 Å². The van der Waals surface area contributed by atoms with Crippen LogP contribution < -0.4 is 14.4 Å². The third kappa shape index (κ3) is 5.89. The van der Waals surface area contributed by atoms with Crippen LogP contribution in [0, 0.1) is 5.82 Å². The molecule has 2 aromatic carbocycles. The van der Waals surface area contributed by atoms with Crippen molar-refractivity contribution in [2.24, 2.45) is 0 Å². The summed E-state index contributed by atoms with van der Waals surface area (Å²) in [5.41, 5.74) is 2.47. The third-order valence-electron chi connectivity index (χ3n) is 5.55. The van der Waals surface area contributed by atoms with E-state index < -0.39 is 16.1 Å². The van der Waals surface area contributed by atoms with Gasteiger partial charge in [0, 0.05) is 12.0 Å². The van der Waals surface area contributed by atoms with Gasteiger partial charge in [-0.1, -0.05) is 42.5 Å². The van der Waals surface area contributed by atoms with E-state index in [1.807, 2.05) is 37.3 Å². The summed E-state index contributed by atoms with van der Waals surface area (Å²) in [6, 6.07) is 16.5. The highest BCUT2D eigenvalue weighted by molar-refractivity contribution is 7.92. The topological polar surface area (TPSA) is 97.8 Å². The first-order valence-corrected chi connectivity index (χ1v) is 12.8. The molecule has 8 nitrogen and oxygen atoms in total. The number of anilines is 2. The van der Waals surface area contributed by atoms with Gasteiger partial charge in [0.25, 0.3) is 0 Å². The molecule has 3 aromatic rings. The van der Waals surface area contributed by atoms with Crippen LogP contribution in [0.2, 0.25) is 0 Å². The van der Waals surface area contributed by atoms with Crippen LogP contribution in [0.4, 0.5) is 20.7 Å². The molecule has 1 N–H and O–H groups in total. The number of rotatable bonds is 7. The van der Waals surface area contributed by atoms with Crippen LogP contribution in [-0.2, 0) is 27.8 Å². The maximum Gasteiger partial charge on any atom is 0.415 e. The molecule has 0 fully saturated rings. The Morgan fingerprint density at radius 2 is 1.89 bits per heavy atom. The van der Waals surface area contributed by atoms with E-state index in [2.05, 4.69) is 9.71 Å². The maximum absolute atomic E-state index is 13.4. The second-order valence-corrected chi connectivity index (χ2v) is 10.2. The van der Waals surface area contributed by atoms with E-state index in [1.165, 1.54) is 24.0 Å². The SMILES string of the molecule is CCS(=O)(=O)Nc1nc2c(cc1Cc1ccc(F)cc1)N(C(=O)OCc1ccccc1)[C@@H](C)CO2. The molecular weight excluding hydrogens is 473 g/mol. The molecule has 1 aromatic heterocycles. The highest BCUT2D eigenvalue weighted by atomic mass is 32.2. The number of amides is 1. The van der Waals surface area contributed by atoms with Crippen LogP contribution in [0.1, 0.15) is 30.5 Å². The van der Waals surface area contributed by atoms with Crippen LogP contribution in [0.3, 0.4) is 0 Å². The molecule has 0 saturated heterocycles. The second kappa shape index (κ2) is 10.3. The highest BCUT2D eigenvalue weighted by Gasteiger charge is 2.33. The molecular formula is C25H26FN3O5S. The fourth-order valence-corrected chi connectivity index (χ4v) is 4.26. The number of hydrogen-bond acceptors (Lipinski definition) is 6. The number of hydrogen-bond donors (Lipinski definition) is 1. The highest BCUT2D eigenvalue weighted by Crippen LogP contribution is 2.37. The number of aromatic nitrogens is 1. The lowest BCUT2D eigenvalue weighted by molar-refractivity contribution is 0.139. The van der Waals surface area contributed by atoms with Crippen molar-refractivity contribution < 1.29 is 27.1 Å². The number of ether oxygens (including phenoxy) is 2. The normalized spacial score (nSPS) is 15.2. The van der Waals surface area contributed by atoms with E-state index in [4.69, 9.17) is 9.47 Å². The van der Waals surface area contributed by atoms with Gasteiger partial charge in [-0.3, -0.25) is 9.62 Å². The lowest BCUT2D eigenvalue weighted by Crippen LogP contribution is -2.45. The number of nitrogens with one attached hydrogen (secondary N) is 1. The van der Waals surface area contributed by atoms with Crippen molar-refractivity contribution in [3.8, 4) is 5.88 Å². The van der Waals surface area contributed by atoms with E-state index in [0.29, 0.717) is 11.3 Å². The number of fused-ring (bicyclic) bond motifs is 1. The third-order valence-corrected chi connectivity index (χ3v) is 6.82. The van der Waals surface area contributed by atoms with Gasteiger partial charge in [0.1, 0.15) is 30.5 Å². The first kappa shape index (κ1) is 24.5. The van der Waals surface area contributed by atoms with Gasteiger partial charge in [-0.05, 0) is 43.2 Å². The van der Waals surface area contributed by atoms with Gasteiger partial charge in [-0.15, -0.1) is 0 Å². The molecule has 0 aliphatic carbocycles. The van der Waals surface area contributed by atoms with Crippen molar-refractivity contribution >= 4 is 27.6 Å². The summed E-state index contributed by atoms with van der Waals surface area (Å²) in [5.74, 6) is -0.297. The summed E-state index contributed by atoms with van der Waals surface area (Å²) in [7, 11) is -3.63. The van der Waals surface area contributed by atoms with Crippen LogP contribution in [0.5, 0.6) is 5.88 Å².